The standard InChI is InChI=1S/C11H17N3/c1-10-7-11(9-13-8-10)14-5-2-3-12-4-6-14/h7-9,12H,2-6H2,1H3. The first kappa shape index (κ1) is 9.46. The highest BCUT2D eigenvalue weighted by Gasteiger charge is 2.09. The van der Waals surface area contributed by atoms with E-state index < -0.39 is 0 Å². The Morgan fingerprint density at radius 2 is 2.21 bits per heavy atom. The van der Waals surface area contributed by atoms with Crippen LogP contribution in [0.1, 0.15) is 12.0 Å². The van der Waals surface area contributed by atoms with Gasteiger partial charge < -0.3 is 10.2 Å². The first-order chi connectivity index (χ1) is 6.86. The summed E-state index contributed by atoms with van der Waals surface area (Å²) in [5, 5.41) is 3.40. The van der Waals surface area contributed by atoms with Crippen molar-refractivity contribution >= 4 is 5.69 Å². The van der Waals surface area contributed by atoms with Crippen LogP contribution >= 0.6 is 0 Å². The molecule has 1 fully saturated rings. The lowest BCUT2D eigenvalue weighted by Crippen LogP contribution is -2.27. The largest absolute Gasteiger partial charge is 0.369 e. The van der Waals surface area contributed by atoms with Crippen molar-refractivity contribution in [3.8, 4) is 0 Å². The third-order valence-corrected chi connectivity index (χ3v) is 2.57. The molecule has 1 aliphatic rings. The predicted molar refractivity (Wildman–Crippen MR) is 58.7 cm³/mol. The van der Waals surface area contributed by atoms with Gasteiger partial charge in [-0.2, -0.15) is 0 Å². The van der Waals surface area contributed by atoms with Crippen molar-refractivity contribution in [1.82, 2.24) is 10.3 Å². The zero-order valence-corrected chi connectivity index (χ0v) is 8.66. The number of rotatable bonds is 1. The second-order valence-electron chi connectivity index (χ2n) is 3.81. The number of hydrogen-bond donors (Lipinski definition) is 1. The molecule has 0 atom stereocenters. The number of anilines is 1. The van der Waals surface area contributed by atoms with Crippen molar-refractivity contribution in [3.63, 3.8) is 0 Å². The van der Waals surface area contributed by atoms with Crippen LogP contribution < -0.4 is 10.2 Å². The van der Waals surface area contributed by atoms with E-state index in [9.17, 15) is 0 Å². The fourth-order valence-corrected chi connectivity index (χ4v) is 1.82. The summed E-state index contributed by atoms with van der Waals surface area (Å²) < 4.78 is 0. The van der Waals surface area contributed by atoms with E-state index >= 15 is 0 Å². The van der Waals surface area contributed by atoms with Crippen molar-refractivity contribution in [2.24, 2.45) is 0 Å². The van der Waals surface area contributed by atoms with Gasteiger partial charge in [0.15, 0.2) is 0 Å². The molecule has 0 unspecified atom stereocenters. The van der Waals surface area contributed by atoms with Crippen LogP contribution in [0.25, 0.3) is 0 Å². The van der Waals surface area contributed by atoms with Gasteiger partial charge in [-0.25, -0.2) is 0 Å². The number of aromatic nitrogens is 1. The highest BCUT2D eigenvalue weighted by molar-refractivity contribution is 5.45. The number of hydrogen-bond acceptors (Lipinski definition) is 3. The van der Waals surface area contributed by atoms with E-state index in [1.807, 2.05) is 12.4 Å². The molecule has 0 spiro atoms. The Morgan fingerprint density at radius 1 is 1.29 bits per heavy atom. The van der Waals surface area contributed by atoms with E-state index in [0.29, 0.717) is 0 Å². The molecule has 0 aliphatic carbocycles. The minimum absolute atomic E-state index is 1.08. The van der Waals surface area contributed by atoms with Crippen molar-refractivity contribution in [2.45, 2.75) is 13.3 Å². The second kappa shape index (κ2) is 4.42. The predicted octanol–water partition coefficient (Wildman–Crippen LogP) is 1.19. The highest BCUT2D eigenvalue weighted by atomic mass is 15.2. The Bertz CT molecular complexity index is 290. The van der Waals surface area contributed by atoms with Crippen LogP contribution in [0.2, 0.25) is 0 Å². The molecule has 76 valence electrons. The molecule has 1 aromatic heterocycles. The van der Waals surface area contributed by atoms with E-state index in [-0.39, 0.29) is 0 Å². The minimum Gasteiger partial charge on any atom is -0.369 e. The third-order valence-electron chi connectivity index (χ3n) is 2.57. The van der Waals surface area contributed by atoms with Gasteiger partial charge in [-0.3, -0.25) is 4.98 Å². The molecule has 1 N–H and O–H groups in total. The Kier molecular flexibility index (Phi) is 2.99. The SMILES string of the molecule is Cc1cncc(N2CCCNCC2)c1. The van der Waals surface area contributed by atoms with Crippen LogP contribution in [0.3, 0.4) is 0 Å². The maximum Gasteiger partial charge on any atom is 0.0555 e. The van der Waals surface area contributed by atoms with E-state index in [2.05, 4.69) is 28.2 Å². The normalized spacial score (nSPS) is 17.9. The van der Waals surface area contributed by atoms with Gasteiger partial charge in [-0.1, -0.05) is 0 Å². The van der Waals surface area contributed by atoms with Crippen molar-refractivity contribution < 1.29 is 0 Å². The quantitative estimate of drug-likeness (QED) is 0.722. The Labute approximate surface area is 85.1 Å². The monoisotopic (exact) mass is 191 g/mol. The minimum atomic E-state index is 1.08. The zero-order valence-electron chi connectivity index (χ0n) is 8.66. The van der Waals surface area contributed by atoms with Crippen molar-refractivity contribution in [2.75, 3.05) is 31.1 Å². The maximum atomic E-state index is 4.23. The van der Waals surface area contributed by atoms with E-state index in [4.69, 9.17) is 0 Å². The molecule has 3 nitrogen and oxygen atoms in total. The molecule has 3 heteroatoms. The van der Waals surface area contributed by atoms with Crippen molar-refractivity contribution in [3.05, 3.63) is 24.0 Å². The fourth-order valence-electron chi connectivity index (χ4n) is 1.82. The summed E-state index contributed by atoms with van der Waals surface area (Å²) in [6.45, 7) is 6.53. The summed E-state index contributed by atoms with van der Waals surface area (Å²) in [7, 11) is 0. The average molecular weight is 191 g/mol. The molecule has 0 saturated carbocycles. The second-order valence-corrected chi connectivity index (χ2v) is 3.81. The average Bonchev–Trinajstić information content (AvgIpc) is 2.45. The lowest BCUT2D eigenvalue weighted by Gasteiger charge is -2.21. The molecule has 1 aromatic rings. The van der Waals surface area contributed by atoms with Gasteiger partial charge in [-0.15, -0.1) is 0 Å². The Balaban J connectivity index is 2.12. The molecular weight excluding hydrogens is 174 g/mol. The smallest absolute Gasteiger partial charge is 0.0555 e. The highest BCUT2D eigenvalue weighted by Crippen LogP contribution is 2.14. The summed E-state index contributed by atoms with van der Waals surface area (Å²) in [6, 6.07) is 2.21. The van der Waals surface area contributed by atoms with Gasteiger partial charge >= 0.3 is 0 Å². The lowest BCUT2D eigenvalue weighted by atomic mass is 10.2. The first-order valence-electron chi connectivity index (χ1n) is 5.23. The van der Waals surface area contributed by atoms with Crippen LogP contribution in [-0.4, -0.2) is 31.2 Å². The molecular formula is C11H17N3. The van der Waals surface area contributed by atoms with Crippen LogP contribution in [0, 0.1) is 6.92 Å². The molecule has 0 bridgehead atoms. The maximum absolute atomic E-state index is 4.23. The van der Waals surface area contributed by atoms with E-state index in [1.54, 1.807) is 0 Å². The van der Waals surface area contributed by atoms with E-state index in [0.717, 1.165) is 26.2 Å². The number of pyridine rings is 1. The third kappa shape index (κ3) is 2.23. The number of nitrogens with one attached hydrogen (secondary N) is 1. The topological polar surface area (TPSA) is 28.2 Å². The van der Waals surface area contributed by atoms with Gasteiger partial charge in [-0.05, 0) is 31.5 Å². The van der Waals surface area contributed by atoms with Crippen LogP contribution in [-0.2, 0) is 0 Å². The molecule has 2 rings (SSSR count). The fraction of sp³-hybridized carbons (Fsp3) is 0.545. The number of nitrogens with zero attached hydrogens (tertiary/aromatic N) is 2. The summed E-state index contributed by atoms with van der Waals surface area (Å²) in [5.74, 6) is 0. The molecule has 0 amide bonds. The Hall–Kier alpha value is -1.09. The molecule has 2 heterocycles. The van der Waals surface area contributed by atoms with Gasteiger partial charge in [0.05, 0.1) is 11.9 Å². The Morgan fingerprint density at radius 3 is 3.07 bits per heavy atom. The van der Waals surface area contributed by atoms with Gasteiger partial charge in [0.1, 0.15) is 0 Å². The lowest BCUT2D eigenvalue weighted by molar-refractivity contribution is 0.724. The van der Waals surface area contributed by atoms with Gasteiger partial charge in [0.25, 0.3) is 0 Å². The summed E-state index contributed by atoms with van der Waals surface area (Å²) >= 11 is 0. The first-order valence-corrected chi connectivity index (χ1v) is 5.23. The molecule has 0 aromatic carbocycles. The number of aryl methyl sites for hydroxylation is 1. The molecule has 1 aliphatic heterocycles. The van der Waals surface area contributed by atoms with Gasteiger partial charge in [0, 0.05) is 25.8 Å². The summed E-state index contributed by atoms with van der Waals surface area (Å²) in [6.07, 6.45) is 5.08. The van der Waals surface area contributed by atoms with Gasteiger partial charge in [0.2, 0.25) is 0 Å². The zero-order chi connectivity index (χ0) is 9.80. The molecule has 14 heavy (non-hydrogen) atoms. The van der Waals surface area contributed by atoms with Crippen LogP contribution in [0.15, 0.2) is 18.5 Å². The summed E-state index contributed by atoms with van der Waals surface area (Å²) in [5.41, 5.74) is 2.49. The molecule has 0 radical (unpaired) electrons. The van der Waals surface area contributed by atoms with Crippen LogP contribution in [0.5, 0.6) is 0 Å². The summed E-state index contributed by atoms with van der Waals surface area (Å²) in [4.78, 5) is 6.63. The van der Waals surface area contributed by atoms with Crippen molar-refractivity contribution in [1.29, 1.82) is 0 Å². The van der Waals surface area contributed by atoms with E-state index in [1.165, 1.54) is 17.7 Å². The molecule has 1 saturated heterocycles. The van der Waals surface area contributed by atoms with Crippen LogP contribution in [0.4, 0.5) is 5.69 Å².